The molecule has 0 fully saturated rings. The topological polar surface area (TPSA) is 134 Å². The first-order chi connectivity index (χ1) is 22.8. The van der Waals surface area contributed by atoms with Gasteiger partial charge >= 0.3 is 0 Å². The van der Waals surface area contributed by atoms with Crippen LogP contribution in [0.2, 0.25) is 0 Å². The number of nitrogens with two attached hydrogens (primary N) is 1. The lowest BCUT2D eigenvalue weighted by Crippen LogP contribution is -2.48. The van der Waals surface area contributed by atoms with Crippen LogP contribution in [0.15, 0.2) is 103 Å². The predicted molar refractivity (Wildman–Crippen MR) is 180 cm³/mol. The van der Waals surface area contributed by atoms with Crippen LogP contribution in [0.1, 0.15) is 28.2 Å². The van der Waals surface area contributed by atoms with Gasteiger partial charge in [0.15, 0.2) is 11.5 Å². The molecular formula is C37H42N4O6. The molecule has 4 aromatic rings. The van der Waals surface area contributed by atoms with Gasteiger partial charge in [-0.1, -0.05) is 78.9 Å². The van der Waals surface area contributed by atoms with Crippen molar-refractivity contribution in [1.82, 2.24) is 15.1 Å². The van der Waals surface area contributed by atoms with Gasteiger partial charge in [-0.25, -0.2) is 0 Å². The van der Waals surface area contributed by atoms with Crippen molar-refractivity contribution < 1.29 is 29.0 Å². The maximum Gasteiger partial charge on any atom is 0.242 e. The fourth-order valence-electron chi connectivity index (χ4n) is 5.34. The first-order valence-electron chi connectivity index (χ1n) is 15.4. The number of rotatable bonds is 17. The number of phenolic OH excluding ortho intramolecular Hbond substituents is 1. The predicted octanol–water partition coefficient (Wildman–Crippen LogP) is 3.72. The van der Waals surface area contributed by atoms with Crippen LogP contribution < -0.4 is 20.5 Å². The number of methoxy groups -OCH3 is 2. The summed E-state index contributed by atoms with van der Waals surface area (Å²) in [7, 11) is 3.07. The summed E-state index contributed by atoms with van der Waals surface area (Å²) in [5.74, 6) is -0.168. The normalized spacial score (nSPS) is 10.8. The van der Waals surface area contributed by atoms with Crippen molar-refractivity contribution in [1.29, 1.82) is 0 Å². The minimum atomic E-state index is -0.656. The third-order valence-electron chi connectivity index (χ3n) is 7.83. The molecule has 10 heteroatoms. The molecule has 3 amide bonds. The quantitative estimate of drug-likeness (QED) is 0.161. The summed E-state index contributed by atoms with van der Waals surface area (Å²) in [5.41, 5.74) is 9.35. The smallest absolute Gasteiger partial charge is 0.242 e. The minimum Gasteiger partial charge on any atom is -0.508 e. The molecule has 0 spiro atoms. The molecule has 4 aromatic carbocycles. The molecule has 47 heavy (non-hydrogen) atoms. The molecule has 0 unspecified atom stereocenters. The average Bonchev–Trinajstić information content (AvgIpc) is 3.09. The number of hydrogen-bond donors (Lipinski definition) is 3. The number of primary amides is 1. The van der Waals surface area contributed by atoms with Gasteiger partial charge < -0.3 is 35.4 Å². The Kier molecular flexibility index (Phi) is 12.8. The Labute approximate surface area is 275 Å². The van der Waals surface area contributed by atoms with Gasteiger partial charge in [-0.05, 0) is 52.9 Å². The van der Waals surface area contributed by atoms with E-state index in [0.717, 1.165) is 22.3 Å². The van der Waals surface area contributed by atoms with E-state index >= 15 is 0 Å². The van der Waals surface area contributed by atoms with Crippen molar-refractivity contribution in [3.05, 3.63) is 125 Å². The second-order valence-corrected chi connectivity index (χ2v) is 11.1. The van der Waals surface area contributed by atoms with Crippen molar-refractivity contribution in [2.75, 3.05) is 46.9 Å². The molecule has 0 aromatic heterocycles. The molecule has 4 N–H and O–H groups in total. The van der Waals surface area contributed by atoms with Gasteiger partial charge in [-0.3, -0.25) is 14.4 Å². The van der Waals surface area contributed by atoms with Crippen molar-refractivity contribution in [2.45, 2.75) is 18.9 Å². The number of hydrogen-bond acceptors (Lipinski definition) is 7. The van der Waals surface area contributed by atoms with Crippen molar-refractivity contribution >= 4 is 17.7 Å². The van der Waals surface area contributed by atoms with Gasteiger partial charge in [0.25, 0.3) is 0 Å². The van der Waals surface area contributed by atoms with Crippen molar-refractivity contribution in [2.24, 2.45) is 5.73 Å². The van der Waals surface area contributed by atoms with Crippen LogP contribution in [0.5, 0.6) is 17.2 Å². The van der Waals surface area contributed by atoms with E-state index in [2.05, 4.69) is 29.6 Å². The zero-order valence-electron chi connectivity index (χ0n) is 26.8. The summed E-state index contributed by atoms with van der Waals surface area (Å²) in [4.78, 5) is 42.2. The number of nitrogens with zero attached hydrogens (tertiary/aromatic N) is 2. The van der Waals surface area contributed by atoms with Gasteiger partial charge in [-0.2, -0.15) is 0 Å². The number of carbonyl (C=O) groups excluding carboxylic acids is 3. The van der Waals surface area contributed by atoms with E-state index in [1.54, 1.807) is 43.5 Å². The Balaban J connectivity index is 1.51. The third-order valence-corrected chi connectivity index (χ3v) is 7.83. The van der Waals surface area contributed by atoms with E-state index in [1.165, 1.54) is 16.9 Å². The highest BCUT2D eigenvalue weighted by molar-refractivity contribution is 5.88. The first kappa shape index (κ1) is 34.5. The first-order valence-corrected chi connectivity index (χ1v) is 15.4. The Morgan fingerprint density at radius 2 is 1.34 bits per heavy atom. The zero-order chi connectivity index (χ0) is 33.6. The second-order valence-electron chi connectivity index (χ2n) is 11.1. The number of aromatic hydroxyl groups is 1. The summed E-state index contributed by atoms with van der Waals surface area (Å²) < 4.78 is 10.8. The molecular weight excluding hydrogens is 596 g/mol. The second kappa shape index (κ2) is 17.4. The summed E-state index contributed by atoms with van der Waals surface area (Å²) in [6.45, 7) is 0.259. The molecule has 0 saturated heterocycles. The fourth-order valence-corrected chi connectivity index (χ4v) is 5.34. The van der Waals surface area contributed by atoms with E-state index in [9.17, 15) is 19.5 Å². The summed E-state index contributed by atoms with van der Waals surface area (Å²) in [5, 5.41) is 12.9. The third kappa shape index (κ3) is 10.3. The van der Waals surface area contributed by atoms with Crippen LogP contribution in [0, 0.1) is 0 Å². The molecule has 0 bridgehead atoms. The Bertz CT molecular complexity index is 1560. The van der Waals surface area contributed by atoms with Crippen LogP contribution in [0.3, 0.4) is 0 Å². The highest BCUT2D eigenvalue weighted by Crippen LogP contribution is 2.28. The van der Waals surface area contributed by atoms with Crippen LogP contribution in [0.25, 0.3) is 0 Å². The molecule has 0 radical (unpaired) electrons. The van der Waals surface area contributed by atoms with Gasteiger partial charge in [0.2, 0.25) is 17.7 Å². The Morgan fingerprint density at radius 3 is 1.91 bits per heavy atom. The molecule has 4 rings (SSSR count). The molecule has 10 nitrogen and oxygen atoms in total. The lowest BCUT2D eigenvalue weighted by molar-refractivity contribution is -0.141. The van der Waals surface area contributed by atoms with E-state index in [0.29, 0.717) is 24.5 Å². The van der Waals surface area contributed by atoms with Crippen LogP contribution in [0.4, 0.5) is 0 Å². The minimum absolute atomic E-state index is 0.0112. The Morgan fingerprint density at radius 1 is 0.745 bits per heavy atom. The molecule has 0 heterocycles. The van der Waals surface area contributed by atoms with Gasteiger partial charge in [0, 0.05) is 25.6 Å². The van der Waals surface area contributed by atoms with Crippen molar-refractivity contribution in [3.8, 4) is 17.2 Å². The highest BCUT2D eigenvalue weighted by atomic mass is 16.5. The average molecular weight is 639 g/mol. The SMILES string of the molecule is COc1ccc(CN(CC(=O)N(CCc2ccc(O)cc2)CC(N)=O)C(=O)CNCC(c2ccccc2)c2ccccc2)cc1OC. The molecule has 0 aliphatic heterocycles. The summed E-state index contributed by atoms with van der Waals surface area (Å²) >= 11 is 0. The van der Waals surface area contributed by atoms with Gasteiger partial charge in [0.05, 0.1) is 27.3 Å². The lowest BCUT2D eigenvalue weighted by Gasteiger charge is -2.28. The number of amides is 3. The molecule has 0 saturated carbocycles. The van der Waals surface area contributed by atoms with Crippen LogP contribution in [-0.2, 0) is 27.3 Å². The van der Waals surface area contributed by atoms with Gasteiger partial charge in [-0.15, -0.1) is 0 Å². The van der Waals surface area contributed by atoms with E-state index in [-0.39, 0.29) is 50.3 Å². The number of phenols is 1. The highest BCUT2D eigenvalue weighted by Gasteiger charge is 2.24. The Hall–Kier alpha value is -5.35. The number of ether oxygens (including phenoxy) is 2. The number of nitrogens with one attached hydrogen (secondary N) is 1. The maximum atomic E-state index is 13.8. The fraction of sp³-hybridized carbons (Fsp3) is 0.270. The standard InChI is InChI=1S/C37H42N4O6/c1-46-33-18-15-28(21-34(33)47-2)24-41(26-37(45)40(25-35(38)43)20-19-27-13-16-31(42)17-14-27)36(44)23-39-22-32(29-9-5-3-6-10-29)30-11-7-4-8-12-30/h3-18,21,32,39,42H,19-20,22-26H2,1-2H3,(H2,38,43). The molecule has 0 aliphatic rings. The molecule has 0 aliphatic carbocycles. The monoisotopic (exact) mass is 638 g/mol. The van der Waals surface area contributed by atoms with Crippen molar-refractivity contribution in [3.63, 3.8) is 0 Å². The van der Waals surface area contributed by atoms with E-state index in [1.807, 2.05) is 42.5 Å². The number of benzene rings is 4. The molecule has 246 valence electrons. The zero-order valence-corrected chi connectivity index (χ0v) is 26.8. The van der Waals surface area contributed by atoms with Crippen LogP contribution >= 0.6 is 0 Å². The van der Waals surface area contributed by atoms with Gasteiger partial charge in [0.1, 0.15) is 12.3 Å². The van der Waals surface area contributed by atoms with Crippen LogP contribution in [-0.4, -0.2) is 79.6 Å². The number of carbonyl (C=O) groups is 3. The summed E-state index contributed by atoms with van der Waals surface area (Å²) in [6.07, 6.45) is 0.435. The van der Waals surface area contributed by atoms with E-state index < -0.39 is 11.8 Å². The van der Waals surface area contributed by atoms with E-state index in [4.69, 9.17) is 15.2 Å². The molecule has 0 atom stereocenters. The maximum absolute atomic E-state index is 13.8. The lowest BCUT2D eigenvalue weighted by atomic mass is 9.91. The largest absolute Gasteiger partial charge is 0.508 e. The summed E-state index contributed by atoms with van der Waals surface area (Å²) in [6, 6.07) is 32.1.